The van der Waals surface area contributed by atoms with E-state index in [0.29, 0.717) is 24.9 Å². The molecule has 1 amide bonds. The summed E-state index contributed by atoms with van der Waals surface area (Å²) in [6, 6.07) is 6.20. The molecule has 1 aromatic carbocycles. The van der Waals surface area contributed by atoms with Crippen molar-refractivity contribution in [2.75, 3.05) is 6.54 Å². The molecule has 0 unspecified atom stereocenters. The average Bonchev–Trinajstić information content (AvgIpc) is 2.82. The van der Waals surface area contributed by atoms with Crippen LogP contribution in [0.15, 0.2) is 24.3 Å². The Morgan fingerprint density at radius 3 is 2.80 bits per heavy atom. The van der Waals surface area contributed by atoms with Gasteiger partial charge < -0.3 is 10.1 Å². The SMILES string of the molecule is CC[C@@H](N[C@H]1CCNC1=O)c1ccccc1OC(F)F. The van der Waals surface area contributed by atoms with Crippen molar-refractivity contribution in [3.63, 3.8) is 0 Å². The quantitative estimate of drug-likeness (QED) is 0.842. The molecule has 0 radical (unpaired) electrons. The molecule has 4 nitrogen and oxygen atoms in total. The van der Waals surface area contributed by atoms with E-state index in [1.54, 1.807) is 18.2 Å². The number of benzene rings is 1. The summed E-state index contributed by atoms with van der Waals surface area (Å²) in [4.78, 5) is 11.6. The molecule has 1 fully saturated rings. The van der Waals surface area contributed by atoms with Crippen LogP contribution in [-0.2, 0) is 4.79 Å². The molecule has 1 aromatic rings. The maximum atomic E-state index is 12.4. The maximum absolute atomic E-state index is 12.4. The van der Waals surface area contributed by atoms with Gasteiger partial charge in [0.1, 0.15) is 5.75 Å². The summed E-state index contributed by atoms with van der Waals surface area (Å²) in [6.07, 6.45) is 1.38. The number of halogens is 2. The summed E-state index contributed by atoms with van der Waals surface area (Å²) < 4.78 is 29.4. The molecule has 1 saturated heterocycles. The fourth-order valence-corrected chi connectivity index (χ4v) is 2.40. The molecule has 1 aliphatic heterocycles. The van der Waals surface area contributed by atoms with Crippen molar-refractivity contribution in [1.82, 2.24) is 10.6 Å². The van der Waals surface area contributed by atoms with Crippen molar-refractivity contribution < 1.29 is 18.3 Å². The summed E-state index contributed by atoms with van der Waals surface area (Å²) in [5.41, 5.74) is 0.648. The number of hydrogen-bond acceptors (Lipinski definition) is 3. The highest BCUT2D eigenvalue weighted by atomic mass is 19.3. The van der Waals surface area contributed by atoms with Crippen molar-refractivity contribution in [3.05, 3.63) is 29.8 Å². The Bertz CT molecular complexity index is 468. The lowest BCUT2D eigenvalue weighted by molar-refractivity contribution is -0.121. The molecule has 20 heavy (non-hydrogen) atoms. The Morgan fingerprint density at radius 2 is 2.20 bits per heavy atom. The van der Waals surface area contributed by atoms with Crippen molar-refractivity contribution in [2.45, 2.75) is 38.5 Å². The Balaban J connectivity index is 2.16. The lowest BCUT2D eigenvalue weighted by Gasteiger charge is -2.23. The van der Waals surface area contributed by atoms with E-state index in [-0.39, 0.29) is 23.7 Å². The van der Waals surface area contributed by atoms with Gasteiger partial charge in [0.25, 0.3) is 0 Å². The van der Waals surface area contributed by atoms with E-state index >= 15 is 0 Å². The predicted octanol–water partition coefficient (Wildman–Crippen LogP) is 2.22. The number of alkyl halides is 2. The van der Waals surface area contributed by atoms with Gasteiger partial charge in [0.05, 0.1) is 6.04 Å². The van der Waals surface area contributed by atoms with Crippen LogP contribution in [0.25, 0.3) is 0 Å². The van der Waals surface area contributed by atoms with E-state index in [0.717, 1.165) is 0 Å². The van der Waals surface area contributed by atoms with E-state index in [4.69, 9.17) is 0 Å². The maximum Gasteiger partial charge on any atom is 0.387 e. The van der Waals surface area contributed by atoms with Crippen LogP contribution >= 0.6 is 0 Å². The number of amides is 1. The molecule has 6 heteroatoms. The summed E-state index contributed by atoms with van der Waals surface area (Å²) in [7, 11) is 0. The molecule has 0 spiro atoms. The van der Waals surface area contributed by atoms with Gasteiger partial charge in [-0.3, -0.25) is 10.1 Å². The zero-order valence-corrected chi connectivity index (χ0v) is 11.2. The number of hydrogen-bond donors (Lipinski definition) is 2. The first-order chi connectivity index (χ1) is 9.61. The number of carbonyl (C=O) groups is 1. The Labute approximate surface area is 116 Å². The molecule has 0 aromatic heterocycles. The highest BCUT2D eigenvalue weighted by Gasteiger charge is 2.27. The van der Waals surface area contributed by atoms with Gasteiger partial charge in [-0.05, 0) is 18.9 Å². The molecule has 0 bridgehead atoms. The summed E-state index contributed by atoms with van der Waals surface area (Å²) >= 11 is 0. The van der Waals surface area contributed by atoms with E-state index in [1.165, 1.54) is 6.07 Å². The lowest BCUT2D eigenvalue weighted by atomic mass is 10.0. The Morgan fingerprint density at radius 1 is 1.45 bits per heavy atom. The molecule has 110 valence electrons. The van der Waals surface area contributed by atoms with E-state index in [1.807, 2.05) is 6.92 Å². The minimum absolute atomic E-state index is 0.0456. The van der Waals surface area contributed by atoms with Crippen LogP contribution in [0.3, 0.4) is 0 Å². The molecule has 1 heterocycles. The van der Waals surface area contributed by atoms with Gasteiger partial charge in [0.2, 0.25) is 5.91 Å². The first kappa shape index (κ1) is 14.7. The van der Waals surface area contributed by atoms with Gasteiger partial charge >= 0.3 is 6.61 Å². The molecular formula is C14H18F2N2O2. The zero-order chi connectivity index (χ0) is 14.5. The highest BCUT2D eigenvalue weighted by Crippen LogP contribution is 2.29. The minimum Gasteiger partial charge on any atom is -0.434 e. The summed E-state index contributed by atoms with van der Waals surface area (Å²) in [5.74, 6) is 0.107. The minimum atomic E-state index is -2.86. The standard InChI is InChI=1S/C14H18F2N2O2/c1-2-10(18-11-7-8-17-13(11)19)9-5-3-4-6-12(9)20-14(15)16/h3-6,10-11,14,18H,2,7-8H2,1H3,(H,17,19)/t10-,11+/m1/s1. The van der Waals surface area contributed by atoms with Gasteiger partial charge in [-0.2, -0.15) is 8.78 Å². The van der Waals surface area contributed by atoms with E-state index < -0.39 is 6.61 Å². The number of para-hydroxylation sites is 1. The molecule has 1 aliphatic rings. The third kappa shape index (κ3) is 3.45. The molecule has 2 rings (SSSR count). The first-order valence-electron chi connectivity index (χ1n) is 6.69. The van der Waals surface area contributed by atoms with Crippen LogP contribution in [0.4, 0.5) is 8.78 Å². The van der Waals surface area contributed by atoms with Crippen LogP contribution in [-0.4, -0.2) is 25.1 Å². The second-order valence-electron chi connectivity index (χ2n) is 4.68. The highest BCUT2D eigenvalue weighted by molar-refractivity contribution is 5.83. The second-order valence-corrected chi connectivity index (χ2v) is 4.68. The van der Waals surface area contributed by atoms with Crippen LogP contribution in [0, 0.1) is 0 Å². The van der Waals surface area contributed by atoms with Crippen molar-refractivity contribution >= 4 is 5.91 Å². The average molecular weight is 284 g/mol. The second kappa shape index (κ2) is 6.65. The topological polar surface area (TPSA) is 50.4 Å². The van der Waals surface area contributed by atoms with Gasteiger partial charge in [-0.1, -0.05) is 25.1 Å². The molecule has 0 saturated carbocycles. The zero-order valence-electron chi connectivity index (χ0n) is 11.2. The van der Waals surface area contributed by atoms with Crippen LogP contribution in [0.1, 0.15) is 31.4 Å². The lowest BCUT2D eigenvalue weighted by Crippen LogP contribution is -2.38. The first-order valence-corrected chi connectivity index (χ1v) is 6.69. The van der Waals surface area contributed by atoms with E-state index in [9.17, 15) is 13.6 Å². The van der Waals surface area contributed by atoms with Gasteiger partial charge in [-0.25, -0.2) is 0 Å². The van der Waals surface area contributed by atoms with Crippen molar-refractivity contribution in [3.8, 4) is 5.75 Å². The monoisotopic (exact) mass is 284 g/mol. The number of carbonyl (C=O) groups excluding carboxylic acids is 1. The van der Waals surface area contributed by atoms with Gasteiger partial charge in [-0.15, -0.1) is 0 Å². The van der Waals surface area contributed by atoms with Crippen LogP contribution in [0.2, 0.25) is 0 Å². The fourth-order valence-electron chi connectivity index (χ4n) is 2.40. The fraction of sp³-hybridized carbons (Fsp3) is 0.500. The van der Waals surface area contributed by atoms with Crippen LogP contribution < -0.4 is 15.4 Å². The summed E-state index contributed by atoms with van der Waals surface area (Å²) in [6.45, 7) is -0.283. The molecule has 0 aliphatic carbocycles. The number of nitrogens with one attached hydrogen (secondary N) is 2. The summed E-state index contributed by atoms with van der Waals surface area (Å²) in [5, 5.41) is 5.95. The number of ether oxygens (including phenoxy) is 1. The molecule has 2 atom stereocenters. The van der Waals surface area contributed by atoms with Crippen molar-refractivity contribution in [1.29, 1.82) is 0 Å². The third-order valence-electron chi connectivity index (χ3n) is 3.37. The van der Waals surface area contributed by atoms with E-state index in [2.05, 4.69) is 15.4 Å². The van der Waals surface area contributed by atoms with Crippen molar-refractivity contribution in [2.24, 2.45) is 0 Å². The number of rotatable bonds is 6. The Kier molecular flexibility index (Phi) is 4.89. The normalized spacial score (nSPS) is 20.0. The molecule has 2 N–H and O–H groups in total. The van der Waals surface area contributed by atoms with Gasteiger partial charge in [0.15, 0.2) is 0 Å². The molecular weight excluding hydrogens is 266 g/mol. The largest absolute Gasteiger partial charge is 0.434 e. The van der Waals surface area contributed by atoms with Gasteiger partial charge in [0, 0.05) is 18.2 Å². The smallest absolute Gasteiger partial charge is 0.387 e. The predicted molar refractivity (Wildman–Crippen MR) is 70.7 cm³/mol. The van der Waals surface area contributed by atoms with Crippen LogP contribution in [0.5, 0.6) is 5.75 Å². The third-order valence-corrected chi connectivity index (χ3v) is 3.37. The Hall–Kier alpha value is -1.69.